The van der Waals surface area contributed by atoms with Crippen LogP contribution in [0, 0.1) is 6.92 Å². The molecule has 0 unspecified atom stereocenters. The third kappa shape index (κ3) is 2.73. The first-order chi connectivity index (χ1) is 9.02. The number of hydrogen-bond acceptors (Lipinski definition) is 3. The van der Waals surface area contributed by atoms with Gasteiger partial charge in [-0.3, -0.25) is 0 Å². The minimum absolute atomic E-state index is 0.0974. The van der Waals surface area contributed by atoms with E-state index in [4.69, 9.17) is 0 Å². The van der Waals surface area contributed by atoms with Gasteiger partial charge < -0.3 is 5.11 Å². The maximum atomic E-state index is 12.7. The number of nitrogens with zero attached hydrogens (tertiary/aromatic N) is 1. The van der Waals surface area contributed by atoms with Gasteiger partial charge in [0.25, 0.3) is 0 Å². The molecule has 0 atom stereocenters. The molecule has 1 aromatic carbocycles. The lowest BCUT2D eigenvalue weighted by Gasteiger charge is -2.22. The van der Waals surface area contributed by atoms with Crippen LogP contribution in [0.25, 0.3) is 0 Å². The average molecular weight is 281 g/mol. The molecule has 0 aromatic heterocycles. The molecule has 104 valence electrons. The summed E-state index contributed by atoms with van der Waals surface area (Å²) in [6.45, 7) is 5.54. The molecule has 0 amide bonds. The monoisotopic (exact) mass is 281 g/mol. The van der Waals surface area contributed by atoms with Crippen molar-refractivity contribution in [3.8, 4) is 0 Å². The van der Waals surface area contributed by atoms with Gasteiger partial charge in [-0.2, -0.15) is 4.31 Å². The highest BCUT2D eigenvalue weighted by atomic mass is 32.2. The van der Waals surface area contributed by atoms with Crippen molar-refractivity contribution >= 4 is 10.0 Å². The minimum atomic E-state index is -3.51. The zero-order valence-corrected chi connectivity index (χ0v) is 11.9. The fourth-order valence-electron chi connectivity index (χ4n) is 2.17. The summed E-state index contributed by atoms with van der Waals surface area (Å²) < 4.78 is 26.9. The van der Waals surface area contributed by atoms with E-state index in [0.29, 0.717) is 17.7 Å². The molecule has 0 radical (unpaired) electrons. The predicted octanol–water partition coefficient (Wildman–Crippen LogP) is 1.83. The largest absolute Gasteiger partial charge is 0.392 e. The molecule has 2 rings (SSSR count). The Morgan fingerprint density at radius 2 is 2.16 bits per heavy atom. The van der Waals surface area contributed by atoms with E-state index >= 15 is 0 Å². The van der Waals surface area contributed by atoms with Crippen LogP contribution in [0.5, 0.6) is 0 Å². The van der Waals surface area contributed by atoms with E-state index in [9.17, 15) is 13.5 Å². The van der Waals surface area contributed by atoms with E-state index in [-0.39, 0.29) is 17.5 Å². The quantitative estimate of drug-likeness (QED) is 0.809. The van der Waals surface area contributed by atoms with E-state index in [1.165, 1.54) is 4.31 Å². The summed E-state index contributed by atoms with van der Waals surface area (Å²) in [4.78, 5) is 0.285. The molecule has 0 aliphatic heterocycles. The molecule has 1 aliphatic rings. The third-order valence-electron chi connectivity index (χ3n) is 3.42. The first-order valence-electron chi connectivity index (χ1n) is 6.34. The van der Waals surface area contributed by atoms with Crippen molar-refractivity contribution in [1.82, 2.24) is 4.31 Å². The molecule has 0 bridgehead atoms. The molecule has 1 N–H and O–H groups in total. The summed E-state index contributed by atoms with van der Waals surface area (Å²) in [5.41, 5.74) is 1.27. The second-order valence-electron chi connectivity index (χ2n) is 4.79. The maximum absolute atomic E-state index is 12.7. The Bertz CT molecular complexity index is 576. The van der Waals surface area contributed by atoms with Crippen molar-refractivity contribution in [2.24, 2.45) is 0 Å². The summed E-state index contributed by atoms with van der Waals surface area (Å²) in [5, 5.41) is 9.25. The normalized spacial score (nSPS) is 15.7. The molecule has 1 aliphatic carbocycles. The Balaban J connectivity index is 2.46. The number of sulfonamides is 1. The molecular formula is C14H19NO3S. The van der Waals surface area contributed by atoms with Gasteiger partial charge in [0.15, 0.2) is 0 Å². The lowest BCUT2D eigenvalue weighted by molar-refractivity contribution is 0.280. The van der Waals surface area contributed by atoms with E-state index < -0.39 is 10.0 Å². The maximum Gasteiger partial charge on any atom is 0.243 e. The SMILES string of the molecule is C=CCN(C1CC1)S(=O)(=O)c1cccc(CO)c1C. The fourth-order valence-corrected chi connectivity index (χ4v) is 4.10. The van der Waals surface area contributed by atoms with Crippen LogP contribution in [0.1, 0.15) is 24.0 Å². The summed E-state index contributed by atoms with van der Waals surface area (Å²) in [7, 11) is -3.51. The summed E-state index contributed by atoms with van der Waals surface area (Å²) in [5.74, 6) is 0. The van der Waals surface area contributed by atoms with Crippen LogP contribution in [-0.4, -0.2) is 30.4 Å². The number of rotatable bonds is 6. The first kappa shape index (κ1) is 14.2. The van der Waals surface area contributed by atoms with E-state index in [1.54, 1.807) is 31.2 Å². The van der Waals surface area contributed by atoms with Gasteiger partial charge in [-0.05, 0) is 37.0 Å². The average Bonchev–Trinajstić information content (AvgIpc) is 3.20. The minimum Gasteiger partial charge on any atom is -0.392 e. The Morgan fingerprint density at radius 1 is 1.47 bits per heavy atom. The zero-order chi connectivity index (χ0) is 14.0. The van der Waals surface area contributed by atoms with Crippen LogP contribution in [0.4, 0.5) is 0 Å². The van der Waals surface area contributed by atoms with Gasteiger partial charge in [-0.25, -0.2) is 8.42 Å². The lowest BCUT2D eigenvalue weighted by atomic mass is 10.1. The Morgan fingerprint density at radius 3 is 2.68 bits per heavy atom. The van der Waals surface area contributed by atoms with Crippen LogP contribution in [0.2, 0.25) is 0 Å². The number of aliphatic hydroxyl groups excluding tert-OH is 1. The molecular weight excluding hydrogens is 262 g/mol. The summed E-state index contributed by atoms with van der Waals surface area (Å²) >= 11 is 0. The predicted molar refractivity (Wildman–Crippen MR) is 74.2 cm³/mol. The molecule has 5 heteroatoms. The van der Waals surface area contributed by atoms with Crippen LogP contribution >= 0.6 is 0 Å². The van der Waals surface area contributed by atoms with Gasteiger partial charge in [0.05, 0.1) is 11.5 Å². The van der Waals surface area contributed by atoms with Crippen LogP contribution in [-0.2, 0) is 16.6 Å². The molecule has 0 heterocycles. The van der Waals surface area contributed by atoms with Gasteiger partial charge >= 0.3 is 0 Å². The van der Waals surface area contributed by atoms with Crippen LogP contribution in [0.15, 0.2) is 35.7 Å². The van der Waals surface area contributed by atoms with Gasteiger partial charge in [0.1, 0.15) is 0 Å². The van der Waals surface area contributed by atoms with Gasteiger partial charge in [0.2, 0.25) is 10.0 Å². The van der Waals surface area contributed by atoms with Gasteiger partial charge in [-0.15, -0.1) is 6.58 Å². The second-order valence-corrected chi connectivity index (χ2v) is 6.65. The van der Waals surface area contributed by atoms with Gasteiger partial charge in [-0.1, -0.05) is 18.2 Å². The van der Waals surface area contributed by atoms with Crippen molar-refractivity contribution in [3.05, 3.63) is 42.0 Å². The standard InChI is InChI=1S/C14H19NO3S/c1-3-9-15(13-7-8-13)19(17,18)14-6-4-5-12(10-16)11(14)2/h3-6,13,16H,1,7-10H2,2H3. The number of hydrogen-bond donors (Lipinski definition) is 1. The highest BCUT2D eigenvalue weighted by Crippen LogP contribution is 2.33. The summed E-state index contributed by atoms with van der Waals surface area (Å²) in [6.07, 6.45) is 3.43. The van der Waals surface area contributed by atoms with Crippen molar-refractivity contribution in [3.63, 3.8) is 0 Å². The van der Waals surface area contributed by atoms with E-state index in [2.05, 4.69) is 6.58 Å². The molecule has 4 nitrogen and oxygen atoms in total. The van der Waals surface area contributed by atoms with Crippen LogP contribution < -0.4 is 0 Å². The zero-order valence-electron chi connectivity index (χ0n) is 11.0. The van der Waals surface area contributed by atoms with E-state index in [1.807, 2.05) is 0 Å². The molecule has 0 spiro atoms. The fraction of sp³-hybridized carbons (Fsp3) is 0.429. The molecule has 0 saturated heterocycles. The Kier molecular flexibility index (Phi) is 4.08. The third-order valence-corrected chi connectivity index (χ3v) is 5.48. The van der Waals surface area contributed by atoms with Crippen LogP contribution in [0.3, 0.4) is 0 Å². The topological polar surface area (TPSA) is 57.6 Å². The van der Waals surface area contributed by atoms with Crippen molar-refractivity contribution in [2.75, 3.05) is 6.54 Å². The van der Waals surface area contributed by atoms with Gasteiger partial charge in [0, 0.05) is 12.6 Å². The number of aliphatic hydroxyl groups is 1. The highest BCUT2D eigenvalue weighted by Gasteiger charge is 2.37. The van der Waals surface area contributed by atoms with Crippen molar-refractivity contribution in [1.29, 1.82) is 0 Å². The first-order valence-corrected chi connectivity index (χ1v) is 7.78. The summed E-state index contributed by atoms with van der Waals surface area (Å²) in [6, 6.07) is 5.11. The van der Waals surface area contributed by atoms with Crippen molar-refractivity contribution < 1.29 is 13.5 Å². The van der Waals surface area contributed by atoms with Crippen molar-refractivity contribution in [2.45, 2.75) is 37.3 Å². The highest BCUT2D eigenvalue weighted by molar-refractivity contribution is 7.89. The molecule has 1 aromatic rings. The lowest BCUT2D eigenvalue weighted by Crippen LogP contribution is -2.33. The molecule has 19 heavy (non-hydrogen) atoms. The Hall–Kier alpha value is -1.17. The smallest absolute Gasteiger partial charge is 0.243 e. The molecule has 1 saturated carbocycles. The molecule has 1 fully saturated rings. The van der Waals surface area contributed by atoms with E-state index in [0.717, 1.165) is 12.8 Å². The Labute approximate surface area is 114 Å². The second kappa shape index (κ2) is 5.45. The number of benzene rings is 1.